The quantitative estimate of drug-likeness (QED) is 0.859. The molecular weight excluding hydrogens is 352 g/mol. The second kappa shape index (κ2) is 6.79. The molecule has 1 aromatic carbocycles. The lowest BCUT2D eigenvalue weighted by molar-refractivity contribution is -0.133. The largest absolute Gasteiger partial charge is 0.387 e. The van der Waals surface area contributed by atoms with Crippen molar-refractivity contribution in [2.45, 2.75) is 37.5 Å². The van der Waals surface area contributed by atoms with Crippen LogP contribution in [0.3, 0.4) is 0 Å². The van der Waals surface area contributed by atoms with Gasteiger partial charge in [0.05, 0.1) is 11.8 Å². The summed E-state index contributed by atoms with van der Waals surface area (Å²) in [4.78, 5) is 16.6. The number of aliphatic hydroxyl groups is 1. The Morgan fingerprint density at radius 2 is 2.04 bits per heavy atom. The number of hydrogen-bond acceptors (Lipinski definition) is 3. The summed E-state index contributed by atoms with van der Waals surface area (Å²) in [6.45, 7) is 0. The van der Waals surface area contributed by atoms with E-state index in [2.05, 4.69) is 4.98 Å². The predicted octanol–water partition coefficient (Wildman–Crippen LogP) is 4.58. The number of Topliss-reactive ketones (excluding diaryl/α,β-unsaturated/α-hetero) is 1. The minimum atomic E-state index is -2.11. The molecular formula is C18H16Cl2FNO2. The Bertz CT molecular complexity index is 763. The molecule has 2 aromatic rings. The highest BCUT2D eigenvalue weighted by Crippen LogP contribution is 2.43. The molecule has 0 unspecified atom stereocenters. The Labute approximate surface area is 149 Å². The third-order valence-electron chi connectivity index (χ3n) is 4.35. The Kier molecular flexibility index (Phi) is 4.90. The molecule has 0 saturated heterocycles. The molecule has 0 fully saturated rings. The maximum Gasteiger partial charge on any atom is 0.195 e. The molecule has 0 bridgehead atoms. The topological polar surface area (TPSA) is 50.2 Å². The van der Waals surface area contributed by atoms with E-state index in [0.717, 1.165) is 5.56 Å². The number of aryl methyl sites for hydroxylation is 1. The Hall–Kier alpha value is -1.49. The van der Waals surface area contributed by atoms with E-state index in [-0.39, 0.29) is 30.5 Å². The number of carbonyl (C=O) groups excluding carboxylic acids is 1. The van der Waals surface area contributed by atoms with Crippen LogP contribution in [0.4, 0.5) is 4.39 Å². The monoisotopic (exact) mass is 367 g/mol. The molecule has 126 valence electrons. The first-order valence-corrected chi connectivity index (χ1v) is 8.46. The molecule has 6 heteroatoms. The van der Waals surface area contributed by atoms with Crippen LogP contribution in [0.1, 0.15) is 42.2 Å². The van der Waals surface area contributed by atoms with Crippen molar-refractivity contribution in [1.29, 1.82) is 0 Å². The van der Waals surface area contributed by atoms with Crippen LogP contribution in [-0.2, 0) is 16.9 Å². The average molecular weight is 368 g/mol. The van der Waals surface area contributed by atoms with Gasteiger partial charge in [-0.15, -0.1) is 0 Å². The van der Waals surface area contributed by atoms with Crippen molar-refractivity contribution in [2.24, 2.45) is 0 Å². The van der Waals surface area contributed by atoms with Gasteiger partial charge in [0.2, 0.25) is 0 Å². The zero-order valence-electron chi connectivity index (χ0n) is 12.8. The van der Waals surface area contributed by atoms with E-state index in [1.54, 1.807) is 24.3 Å². The first-order valence-electron chi connectivity index (χ1n) is 7.71. The van der Waals surface area contributed by atoms with Gasteiger partial charge in [-0.1, -0.05) is 29.3 Å². The molecule has 3 nitrogen and oxygen atoms in total. The zero-order valence-corrected chi connectivity index (χ0v) is 14.3. The van der Waals surface area contributed by atoms with E-state index in [1.807, 2.05) is 0 Å². The highest BCUT2D eigenvalue weighted by atomic mass is 35.5. The van der Waals surface area contributed by atoms with E-state index in [0.29, 0.717) is 16.5 Å². The number of halogens is 3. The second-order valence-electron chi connectivity index (χ2n) is 5.99. The lowest BCUT2D eigenvalue weighted by Gasteiger charge is -2.32. The second-order valence-corrected chi connectivity index (χ2v) is 6.87. The summed E-state index contributed by atoms with van der Waals surface area (Å²) in [5.74, 6) is -0.514. The molecule has 1 aliphatic carbocycles. The molecule has 0 aliphatic heterocycles. The van der Waals surface area contributed by atoms with E-state index in [4.69, 9.17) is 23.2 Å². The first kappa shape index (κ1) is 17.3. The highest BCUT2D eigenvalue weighted by Gasteiger charge is 2.45. The summed E-state index contributed by atoms with van der Waals surface area (Å²) in [5.41, 5.74) is -0.888. The molecule has 0 saturated carbocycles. The number of aliphatic hydroxyl groups excluding tert-OH is 1. The van der Waals surface area contributed by atoms with Gasteiger partial charge in [-0.05, 0) is 49.1 Å². The van der Waals surface area contributed by atoms with Crippen molar-refractivity contribution in [1.82, 2.24) is 4.98 Å². The fraction of sp³-hybridized carbons (Fsp3) is 0.333. The number of ketones is 1. The van der Waals surface area contributed by atoms with Gasteiger partial charge in [0.1, 0.15) is 0 Å². The van der Waals surface area contributed by atoms with Gasteiger partial charge in [0.25, 0.3) is 0 Å². The number of rotatable bonds is 4. The third kappa shape index (κ3) is 3.32. The van der Waals surface area contributed by atoms with Crippen LogP contribution in [0.2, 0.25) is 10.0 Å². The number of carbonyl (C=O) groups is 1. The number of hydrogen-bond donors (Lipinski definition) is 1. The number of alkyl halides is 1. The van der Waals surface area contributed by atoms with Crippen molar-refractivity contribution >= 4 is 29.0 Å². The number of aromatic nitrogens is 1. The van der Waals surface area contributed by atoms with Crippen LogP contribution in [0, 0.1) is 0 Å². The fourth-order valence-electron chi connectivity index (χ4n) is 3.13. The summed E-state index contributed by atoms with van der Waals surface area (Å²) in [6, 6.07) is 8.14. The first-order chi connectivity index (χ1) is 11.4. The molecule has 1 aliphatic rings. The van der Waals surface area contributed by atoms with Crippen molar-refractivity contribution in [3.63, 3.8) is 0 Å². The van der Waals surface area contributed by atoms with E-state index in [1.165, 1.54) is 12.3 Å². The predicted molar refractivity (Wildman–Crippen MR) is 91.0 cm³/mol. The molecule has 1 aromatic heterocycles. The van der Waals surface area contributed by atoms with Gasteiger partial charge in [0.15, 0.2) is 11.5 Å². The van der Waals surface area contributed by atoms with Crippen LogP contribution in [0.25, 0.3) is 0 Å². The fourth-order valence-corrected chi connectivity index (χ4v) is 3.70. The minimum absolute atomic E-state index is 0.0254. The molecule has 0 amide bonds. The van der Waals surface area contributed by atoms with E-state index >= 15 is 4.39 Å². The lowest BCUT2D eigenvalue weighted by Crippen LogP contribution is -2.36. The normalized spacial score (nSPS) is 22.9. The van der Waals surface area contributed by atoms with Crippen molar-refractivity contribution in [3.05, 3.63) is 63.4 Å². The van der Waals surface area contributed by atoms with E-state index in [9.17, 15) is 9.90 Å². The number of fused-ring (bicyclic) bond motifs is 1. The molecule has 1 N–H and O–H groups in total. The van der Waals surface area contributed by atoms with Gasteiger partial charge in [-0.25, -0.2) is 4.39 Å². The summed E-state index contributed by atoms with van der Waals surface area (Å²) in [7, 11) is 0. The third-order valence-corrected chi connectivity index (χ3v) is 4.78. The maximum atomic E-state index is 15.4. The Morgan fingerprint density at radius 1 is 1.33 bits per heavy atom. The molecule has 24 heavy (non-hydrogen) atoms. The Balaban J connectivity index is 1.81. The van der Waals surface area contributed by atoms with Crippen molar-refractivity contribution in [3.8, 4) is 0 Å². The Morgan fingerprint density at radius 3 is 2.75 bits per heavy atom. The average Bonchev–Trinajstić information content (AvgIpc) is 2.55. The number of nitrogens with zero attached hydrogens (tertiary/aromatic N) is 1. The number of benzene rings is 1. The molecule has 1 heterocycles. The lowest BCUT2D eigenvalue weighted by atomic mass is 9.77. The highest BCUT2D eigenvalue weighted by molar-refractivity contribution is 6.34. The number of pyridine rings is 1. The summed E-state index contributed by atoms with van der Waals surface area (Å²) in [6.07, 6.45) is 1.17. The van der Waals surface area contributed by atoms with E-state index < -0.39 is 17.6 Å². The van der Waals surface area contributed by atoms with Gasteiger partial charge in [-0.3, -0.25) is 9.78 Å². The van der Waals surface area contributed by atoms with Crippen molar-refractivity contribution in [2.75, 3.05) is 0 Å². The molecule has 0 radical (unpaired) electrons. The van der Waals surface area contributed by atoms with Crippen LogP contribution in [-0.4, -0.2) is 15.9 Å². The molecule has 3 rings (SSSR count). The summed E-state index contributed by atoms with van der Waals surface area (Å²) >= 11 is 11.9. The van der Waals surface area contributed by atoms with Gasteiger partial charge in [0, 0.05) is 28.2 Å². The molecule has 0 spiro atoms. The smallest absolute Gasteiger partial charge is 0.195 e. The van der Waals surface area contributed by atoms with Crippen molar-refractivity contribution < 1.29 is 14.3 Å². The molecule has 2 atom stereocenters. The van der Waals surface area contributed by atoms with Crippen LogP contribution >= 0.6 is 23.2 Å². The standard InChI is InChI=1S/C18H16Cl2FNO2/c19-12-8-11(9-13(20)10-12)3-4-16(24)18(21)6-5-15(23)17-14(18)2-1-7-22-17/h1-2,7-10,15,23H,3-6H2/t15-,18-/m0/s1. The SMILES string of the molecule is O=C(CCc1cc(Cl)cc(Cl)c1)[C@]1(F)CC[C@H](O)c2ncccc21. The minimum Gasteiger partial charge on any atom is -0.387 e. The summed E-state index contributed by atoms with van der Waals surface area (Å²) < 4.78 is 15.4. The van der Waals surface area contributed by atoms with Crippen LogP contribution in [0.5, 0.6) is 0 Å². The maximum absolute atomic E-state index is 15.4. The van der Waals surface area contributed by atoms with Gasteiger partial charge in [-0.2, -0.15) is 0 Å². The van der Waals surface area contributed by atoms with Gasteiger partial charge < -0.3 is 5.11 Å². The van der Waals surface area contributed by atoms with Crippen LogP contribution in [0.15, 0.2) is 36.5 Å². The summed E-state index contributed by atoms with van der Waals surface area (Å²) in [5, 5.41) is 10.9. The van der Waals surface area contributed by atoms with Crippen LogP contribution < -0.4 is 0 Å². The zero-order chi connectivity index (χ0) is 17.3. The van der Waals surface area contributed by atoms with Gasteiger partial charge >= 0.3 is 0 Å².